The van der Waals surface area contributed by atoms with Crippen LogP contribution in [0.25, 0.3) is 5.69 Å². The molecule has 126 valence electrons. The molecular formula is C19H17ClN4O. The number of pyridine rings is 1. The van der Waals surface area contributed by atoms with Gasteiger partial charge in [-0.1, -0.05) is 23.7 Å². The molecule has 2 heterocycles. The molecule has 3 aromatic rings. The summed E-state index contributed by atoms with van der Waals surface area (Å²) in [7, 11) is 0. The average Bonchev–Trinajstić information content (AvgIpc) is 3.06. The van der Waals surface area contributed by atoms with Crippen molar-refractivity contribution >= 4 is 23.7 Å². The summed E-state index contributed by atoms with van der Waals surface area (Å²) in [5, 5.41) is 4.18. The van der Waals surface area contributed by atoms with Gasteiger partial charge in [-0.2, -0.15) is 5.10 Å². The minimum Gasteiger partial charge on any atom is -0.315 e. The number of carbonyl (C=O) groups is 1. The summed E-state index contributed by atoms with van der Waals surface area (Å²) in [4.78, 5) is 16.0. The lowest BCUT2D eigenvalue weighted by atomic mass is 10.1. The van der Waals surface area contributed by atoms with Crippen LogP contribution < -0.4 is 5.43 Å². The molecule has 0 unspecified atom stereocenters. The Morgan fingerprint density at radius 2 is 2.04 bits per heavy atom. The molecule has 0 saturated carbocycles. The molecule has 0 fully saturated rings. The fourth-order valence-electron chi connectivity index (χ4n) is 2.49. The van der Waals surface area contributed by atoms with Gasteiger partial charge in [-0.3, -0.25) is 4.79 Å². The Kier molecular flexibility index (Phi) is 4.95. The Bertz CT molecular complexity index is 946. The smallest absolute Gasteiger partial charge is 0.274 e. The molecule has 0 radical (unpaired) electrons. The molecule has 25 heavy (non-hydrogen) atoms. The van der Waals surface area contributed by atoms with E-state index in [2.05, 4.69) is 35.4 Å². The van der Waals surface area contributed by atoms with Crippen LogP contribution >= 0.6 is 11.6 Å². The third-order valence-corrected chi connectivity index (χ3v) is 4.28. The van der Waals surface area contributed by atoms with Crippen molar-refractivity contribution in [2.75, 3.05) is 0 Å². The van der Waals surface area contributed by atoms with Crippen LogP contribution in [0.2, 0.25) is 5.15 Å². The Hall–Kier alpha value is -2.92. The topological polar surface area (TPSA) is 59.3 Å². The number of nitrogens with one attached hydrogen (secondary N) is 1. The van der Waals surface area contributed by atoms with Gasteiger partial charge < -0.3 is 4.57 Å². The second kappa shape index (κ2) is 7.32. The van der Waals surface area contributed by atoms with Gasteiger partial charge in [0.05, 0.1) is 17.5 Å². The van der Waals surface area contributed by atoms with Crippen LogP contribution in [-0.2, 0) is 0 Å². The van der Waals surface area contributed by atoms with Gasteiger partial charge in [0, 0.05) is 18.1 Å². The van der Waals surface area contributed by atoms with Crippen molar-refractivity contribution < 1.29 is 4.79 Å². The first kappa shape index (κ1) is 16.9. The number of aryl methyl sites for hydroxylation is 1. The molecule has 0 aliphatic rings. The van der Waals surface area contributed by atoms with E-state index >= 15 is 0 Å². The molecule has 6 heteroatoms. The highest BCUT2D eigenvalue weighted by atomic mass is 35.5. The van der Waals surface area contributed by atoms with E-state index < -0.39 is 5.91 Å². The lowest BCUT2D eigenvalue weighted by Crippen LogP contribution is -2.18. The molecule has 1 amide bonds. The van der Waals surface area contributed by atoms with E-state index in [1.807, 2.05) is 35.0 Å². The summed E-state index contributed by atoms with van der Waals surface area (Å²) >= 11 is 5.91. The zero-order valence-corrected chi connectivity index (χ0v) is 14.7. The van der Waals surface area contributed by atoms with Gasteiger partial charge in [-0.05, 0) is 55.3 Å². The largest absolute Gasteiger partial charge is 0.315 e. The number of rotatable bonds is 4. The van der Waals surface area contributed by atoms with Gasteiger partial charge in [-0.25, -0.2) is 10.4 Å². The summed E-state index contributed by atoms with van der Waals surface area (Å²) in [6.45, 7) is 4.16. The van der Waals surface area contributed by atoms with Gasteiger partial charge in [0.2, 0.25) is 0 Å². The maximum Gasteiger partial charge on any atom is 0.274 e. The third kappa shape index (κ3) is 3.61. The second-order valence-corrected chi connectivity index (χ2v) is 5.92. The standard InChI is InChI=1S/C19H17ClN4O/c1-13-6-3-9-17(14(13)2)24-11-5-7-15(24)12-22-23-19(25)16-8-4-10-21-18(16)20/h3-12H,1-2H3,(H,23,25). The van der Waals surface area contributed by atoms with Gasteiger partial charge in [0.25, 0.3) is 5.91 Å². The molecule has 0 bridgehead atoms. The SMILES string of the molecule is Cc1cccc(-n2cccc2C=NNC(=O)c2cccnc2Cl)c1C. The van der Waals surface area contributed by atoms with Crippen LogP contribution in [0, 0.1) is 13.8 Å². The number of hydrogen-bond donors (Lipinski definition) is 1. The normalized spacial score (nSPS) is 11.0. The number of aromatic nitrogens is 2. The number of benzene rings is 1. The number of amides is 1. The molecule has 0 atom stereocenters. The average molecular weight is 353 g/mol. The van der Waals surface area contributed by atoms with Crippen molar-refractivity contribution in [3.63, 3.8) is 0 Å². The van der Waals surface area contributed by atoms with E-state index in [1.165, 1.54) is 17.3 Å². The number of carbonyl (C=O) groups excluding carboxylic acids is 1. The Morgan fingerprint density at radius 3 is 2.84 bits per heavy atom. The minimum absolute atomic E-state index is 0.147. The van der Waals surface area contributed by atoms with Crippen molar-refractivity contribution in [3.05, 3.63) is 82.4 Å². The van der Waals surface area contributed by atoms with Crippen LogP contribution in [0.4, 0.5) is 0 Å². The maximum atomic E-state index is 12.1. The molecule has 0 spiro atoms. The van der Waals surface area contributed by atoms with Crippen LogP contribution in [0.3, 0.4) is 0 Å². The van der Waals surface area contributed by atoms with Crippen LogP contribution in [0.1, 0.15) is 27.2 Å². The summed E-state index contributed by atoms with van der Waals surface area (Å²) in [6.07, 6.45) is 5.09. The fraction of sp³-hybridized carbons (Fsp3) is 0.105. The van der Waals surface area contributed by atoms with Crippen molar-refractivity contribution in [3.8, 4) is 5.69 Å². The van der Waals surface area contributed by atoms with E-state index in [4.69, 9.17) is 11.6 Å². The van der Waals surface area contributed by atoms with Crippen molar-refractivity contribution in [2.45, 2.75) is 13.8 Å². The lowest BCUT2D eigenvalue weighted by Gasteiger charge is -2.11. The van der Waals surface area contributed by atoms with Gasteiger partial charge in [-0.15, -0.1) is 0 Å². The minimum atomic E-state index is -0.404. The lowest BCUT2D eigenvalue weighted by molar-refractivity contribution is 0.0955. The van der Waals surface area contributed by atoms with Crippen molar-refractivity contribution in [1.29, 1.82) is 0 Å². The van der Waals surface area contributed by atoms with E-state index in [-0.39, 0.29) is 10.7 Å². The van der Waals surface area contributed by atoms with E-state index in [0.717, 1.165) is 11.4 Å². The molecule has 0 aliphatic carbocycles. The first-order valence-corrected chi connectivity index (χ1v) is 8.13. The van der Waals surface area contributed by atoms with Crippen LogP contribution in [0.5, 0.6) is 0 Å². The van der Waals surface area contributed by atoms with E-state index in [0.29, 0.717) is 0 Å². The first-order chi connectivity index (χ1) is 12.1. The molecule has 3 rings (SSSR count). The predicted molar refractivity (Wildman–Crippen MR) is 99.6 cm³/mol. The second-order valence-electron chi connectivity index (χ2n) is 5.56. The summed E-state index contributed by atoms with van der Waals surface area (Å²) in [5.74, 6) is -0.404. The Morgan fingerprint density at radius 1 is 1.20 bits per heavy atom. The highest BCUT2D eigenvalue weighted by molar-refractivity contribution is 6.32. The number of hydrogen-bond acceptors (Lipinski definition) is 3. The Balaban J connectivity index is 1.80. The summed E-state index contributed by atoms with van der Waals surface area (Å²) < 4.78 is 2.02. The quantitative estimate of drug-likeness (QED) is 0.439. The number of nitrogens with zero attached hydrogens (tertiary/aromatic N) is 3. The van der Waals surface area contributed by atoms with E-state index in [1.54, 1.807) is 18.3 Å². The van der Waals surface area contributed by atoms with Crippen LogP contribution in [-0.4, -0.2) is 21.7 Å². The van der Waals surface area contributed by atoms with E-state index in [9.17, 15) is 4.79 Å². The molecule has 1 aromatic carbocycles. The highest BCUT2D eigenvalue weighted by Crippen LogP contribution is 2.19. The molecule has 1 N–H and O–H groups in total. The number of hydrazone groups is 1. The molecule has 0 saturated heterocycles. The summed E-state index contributed by atoms with van der Waals surface area (Å²) in [6, 6.07) is 13.2. The monoisotopic (exact) mass is 352 g/mol. The molecular weight excluding hydrogens is 336 g/mol. The van der Waals surface area contributed by atoms with Crippen LogP contribution in [0.15, 0.2) is 60.0 Å². The molecule has 2 aromatic heterocycles. The first-order valence-electron chi connectivity index (χ1n) is 7.76. The van der Waals surface area contributed by atoms with Gasteiger partial charge in [0.1, 0.15) is 5.15 Å². The molecule has 0 aliphatic heterocycles. The molecule has 5 nitrogen and oxygen atoms in total. The van der Waals surface area contributed by atoms with Crippen molar-refractivity contribution in [2.24, 2.45) is 5.10 Å². The van der Waals surface area contributed by atoms with Gasteiger partial charge >= 0.3 is 0 Å². The third-order valence-electron chi connectivity index (χ3n) is 3.98. The zero-order chi connectivity index (χ0) is 17.8. The van der Waals surface area contributed by atoms with Crippen molar-refractivity contribution in [1.82, 2.24) is 15.0 Å². The maximum absolute atomic E-state index is 12.1. The fourth-order valence-corrected chi connectivity index (χ4v) is 2.69. The Labute approximate surface area is 151 Å². The number of halogens is 1. The highest BCUT2D eigenvalue weighted by Gasteiger charge is 2.10. The van der Waals surface area contributed by atoms with Gasteiger partial charge in [0.15, 0.2) is 0 Å². The zero-order valence-electron chi connectivity index (χ0n) is 13.9. The predicted octanol–water partition coefficient (Wildman–Crippen LogP) is 3.91. The summed E-state index contributed by atoms with van der Waals surface area (Å²) in [5.41, 5.74) is 7.10.